The van der Waals surface area contributed by atoms with Crippen molar-refractivity contribution in [3.8, 4) is 0 Å². The van der Waals surface area contributed by atoms with E-state index in [1.54, 1.807) is 37.9 Å². The summed E-state index contributed by atoms with van der Waals surface area (Å²) in [6.07, 6.45) is 5.64. The molecule has 1 aliphatic heterocycles. The first-order chi connectivity index (χ1) is 25.7. The van der Waals surface area contributed by atoms with E-state index in [9.17, 15) is 38.4 Å². The minimum Gasteiger partial charge on any atom is -0.464 e. The molecular formula is C40H73N5O10. The first-order valence-corrected chi connectivity index (χ1v) is 19.9. The van der Waals surface area contributed by atoms with Crippen LogP contribution in [0.4, 0.5) is 0 Å². The van der Waals surface area contributed by atoms with Crippen LogP contribution in [0.1, 0.15) is 120 Å². The van der Waals surface area contributed by atoms with Crippen LogP contribution in [-0.2, 0) is 47.8 Å². The van der Waals surface area contributed by atoms with E-state index in [1.807, 2.05) is 48.5 Å². The summed E-state index contributed by atoms with van der Waals surface area (Å²) in [6, 6.07) is 0. The van der Waals surface area contributed by atoms with Gasteiger partial charge in [-0.25, -0.2) is 0 Å². The summed E-state index contributed by atoms with van der Waals surface area (Å²) in [4.78, 5) is 98.0. The highest BCUT2D eigenvalue weighted by Crippen LogP contribution is 2.19. The molecular weight excluding hydrogens is 710 g/mol. The fourth-order valence-electron chi connectivity index (χ4n) is 4.96. The molecule has 0 aromatic carbocycles. The number of imide groups is 1. The molecule has 0 aromatic heterocycles. The van der Waals surface area contributed by atoms with Gasteiger partial charge in [-0.1, -0.05) is 75.2 Å². The van der Waals surface area contributed by atoms with Gasteiger partial charge in [0, 0.05) is 90.1 Å². The molecule has 0 bridgehead atoms. The van der Waals surface area contributed by atoms with E-state index < -0.39 is 0 Å². The van der Waals surface area contributed by atoms with E-state index in [2.05, 4.69) is 12.2 Å². The molecule has 1 N–H and O–H groups in total. The number of carbonyl (C=O) groups is 8. The first-order valence-electron chi connectivity index (χ1n) is 19.9. The lowest BCUT2D eigenvalue weighted by atomic mass is 10.1. The Morgan fingerprint density at radius 3 is 1.45 bits per heavy atom. The topological polar surface area (TPSA) is 180 Å². The van der Waals surface area contributed by atoms with Gasteiger partial charge in [0.05, 0.1) is 13.1 Å². The number of ether oxygens (including phenoxy) is 2. The second-order valence-electron chi connectivity index (χ2n) is 14.8. The molecule has 0 saturated carbocycles. The molecule has 0 aliphatic carbocycles. The zero-order valence-corrected chi connectivity index (χ0v) is 36.0. The highest BCUT2D eigenvalue weighted by Gasteiger charge is 2.35. The molecule has 0 aromatic rings. The maximum absolute atomic E-state index is 11.7. The van der Waals surface area contributed by atoms with Crippen molar-refractivity contribution in [1.82, 2.24) is 24.9 Å². The van der Waals surface area contributed by atoms with Crippen molar-refractivity contribution in [2.45, 2.75) is 120 Å². The van der Waals surface area contributed by atoms with E-state index in [1.165, 1.54) is 9.80 Å². The minimum absolute atomic E-state index is 0.00114. The zero-order valence-electron chi connectivity index (χ0n) is 36.0. The van der Waals surface area contributed by atoms with Crippen LogP contribution in [0, 0.1) is 23.7 Å². The van der Waals surface area contributed by atoms with Crippen molar-refractivity contribution in [3.63, 3.8) is 0 Å². The van der Waals surface area contributed by atoms with E-state index >= 15 is 0 Å². The number of rotatable bonds is 22. The number of carbonyl (C=O) groups excluding carboxylic acids is 8. The molecule has 1 fully saturated rings. The summed E-state index contributed by atoms with van der Waals surface area (Å²) in [5.41, 5.74) is 0. The smallest absolute Gasteiger partial charge is 0.305 e. The van der Waals surface area contributed by atoms with Gasteiger partial charge in [-0.2, -0.15) is 0 Å². The van der Waals surface area contributed by atoms with E-state index in [0.717, 1.165) is 25.7 Å². The second kappa shape index (κ2) is 30.2. The largest absolute Gasteiger partial charge is 0.464 e. The van der Waals surface area contributed by atoms with Crippen molar-refractivity contribution < 1.29 is 47.8 Å². The highest BCUT2D eigenvalue weighted by atomic mass is 16.5. The van der Waals surface area contributed by atoms with Crippen LogP contribution < -0.4 is 5.32 Å². The number of amides is 6. The van der Waals surface area contributed by atoms with Crippen molar-refractivity contribution in [2.75, 3.05) is 67.1 Å². The van der Waals surface area contributed by atoms with Crippen molar-refractivity contribution in [3.05, 3.63) is 0 Å². The SMILES string of the molecule is CC(C)C(=O)N(C)CCOC(=O)CCCN1C(=O)CC(C)C1=O.CCCCC(=O)NCCN(C)C(=O)C(C)C.CCCCC(=O)OCCN(C)C(=O)C(C)C. The predicted molar refractivity (Wildman–Crippen MR) is 211 cm³/mol. The standard InChI is InChI=1S/C16H26N2O5.C12H24N2O2.C12H23NO3/c1-11(2)15(21)17(4)8-9-23-14(20)6-5-7-18-13(19)10-12(3)16(18)22;1-5-6-7-11(15)13-8-9-14(4)12(16)10(2)3;1-5-6-7-11(14)16-9-8-13(4)12(15)10(2)3/h11-12H,5-10H2,1-4H3;10H,5-9H2,1-4H3,(H,13,15);10H,5-9H2,1-4H3. The van der Waals surface area contributed by atoms with Gasteiger partial charge in [0.15, 0.2) is 0 Å². The number of hydrogen-bond acceptors (Lipinski definition) is 10. The van der Waals surface area contributed by atoms with Gasteiger partial charge in [0.1, 0.15) is 13.2 Å². The highest BCUT2D eigenvalue weighted by molar-refractivity contribution is 6.03. The summed E-state index contributed by atoms with van der Waals surface area (Å²) >= 11 is 0. The number of likely N-dealkylation sites (N-methyl/N-ethyl adjacent to an activating group) is 3. The maximum atomic E-state index is 11.7. The average molecular weight is 784 g/mol. The number of likely N-dealkylation sites (tertiary alicyclic amines) is 1. The Kier molecular flexibility index (Phi) is 29.1. The van der Waals surface area contributed by atoms with Crippen LogP contribution in [0.5, 0.6) is 0 Å². The second-order valence-corrected chi connectivity index (χ2v) is 14.8. The van der Waals surface area contributed by atoms with Gasteiger partial charge in [0.25, 0.3) is 0 Å². The lowest BCUT2D eigenvalue weighted by Gasteiger charge is -2.19. The molecule has 15 nitrogen and oxygen atoms in total. The van der Waals surface area contributed by atoms with Crippen molar-refractivity contribution >= 4 is 47.4 Å². The minimum atomic E-state index is -0.387. The Morgan fingerprint density at radius 1 is 0.673 bits per heavy atom. The molecule has 1 atom stereocenters. The van der Waals surface area contributed by atoms with E-state index in [-0.39, 0.29) is 104 Å². The normalized spacial score (nSPS) is 13.4. The lowest BCUT2D eigenvalue weighted by Crippen LogP contribution is -2.37. The van der Waals surface area contributed by atoms with Crippen LogP contribution in [0.3, 0.4) is 0 Å². The third kappa shape index (κ3) is 24.9. The summed E-state index contributed by atoms with van der Waals surface area (Å²) in [5, 5.41) is 2.81. The molecule has 1 rings (SSSR count). The molecule has 15 heteroatoms. The zero-order chi connectivity index (χ0) is 42.7. The molecule has 0 radical (unpaired) electrons. The molecule has 1 unspecified atom stereocenters. The van der Waals surface area contributed by atoms with Crippen LogP contribution in [0.25, 0.3) is 0 Å². The average Bonchev–Trinajstić information content (AvgIpc) is 3.37. The van der Waals surface area contributed by atoms with Gasteiger partial charge in [-0.05, 0) is 19.3 Å². The summed E-state index contributed by atoms with van der Waals surface area (Å²) in [7, 11) is 5.16. The molecule has 55 heavy (non-hydrogen) atoms. The van der Waals surface area contributed by atoms with E-state index in [0.29, 0.717) is 45.4 Å². The Bertz CT molecular complexity index is 1160. The number of esters is 2. The van der Waals surface area contributed by atoms with Crippen molar-refractivity contribution in [1.29, 1.82) is 0 Å². The molecule has 318 valence electrons. The Hall–Kier alpha value is -4.04. The van der Waals surface area contributed by atoms with Gasteiger partial charge in [-0.15, -0.1) is 0 Å². The van der Waals surface area contributed by atoms with Crippen LogP contribution in [-0.4, -0.2) is 134 Å². The van der Waals surface area contributed by atoms with Crippen molar-refractivity contribution in [2.24, 2.45) is 23.7 Å². The maximum Gasteiger partial charge on any atom is 0.305 e. The Balaban J connectivity index is 0. The molecule has 1 aliphatic rings. The lowest BCUT2D eigenvalue weighted by molar-refractivity contribution is -0.147. The van der Waals surface area contributed by atoms with Crippen LogP contribution >= 0.6 is 0 Å². The van der Waals surface area contributed by atoms with Crippen LogP contribution in [0.2, 0.25) is 0 Å². The number of nitrogens with zero attached hydrogens (tertiary/aromatic N) is 4. The third-order valence-corrected chi connectivity index (χ3v) is 8.48. The predicted octanol–water partition coefficient (Wildman–Crippen LogP) is 4.06. The van der Waals surface area contributed by atoms with E-state index in [4.69, 9.17) is 9.47 Å². The fourth-order valence-corrected chi connectivity index (χ4v) is 4.96. The molecule has 1 saturated heterocycles. The fraction of sp³-hybridized carbons (Fsp3) is 0.800. The monoisotopic (exact) mass is 784 g/mol. The molecule has 6 amide bonds. The van der Waals surface area contributed by atoms with Crippen LogP contribution in [0.15, 0.2) is 0 Å². The summed E-state index contributed by atoms with van der Waals surface area (Å²) < 4.78 is 10.1. The van der Waals surface area contributed by atoms with Gasteiger partial charge in [0.2, 0.25) is 35.4 Å². The summed E-state index contributed by atoms with van der Waals surface area (Å²) in [5.74, 6) is -0.990. The Labute approximate surface area is 330 Å². The number of nitrogens with one attached hydrogen (secondary N) is 1. The number of unbranched alkanes of at least 4 members (excludes halogenated alkanes) is 2. The number of hydrogen-bond donors (Lipinski definition) is 1. The summed E-state index contributed by atoms with van der Waals surface area (Å²) in [6.45, 7) is 19.5. The van der Waals surface area contributed by atoms with Gasteiger partial charge in [-0.3, -0.25) is 43.3 Å². The van der Waals surface area contributed by atoms with Gasteiger partial charge >= 0.3 is 11.9 Å². The quantitative estimate of drug-likeness (QED) is 0.124. The third-order valence-electron chi connectivity index (χ3n) is 8.48. The molecule has 0 spiro atoms. The Morgan fingerprint density at radius 2 is 1.07 bits per heavy atom. The van der Waals surface area contributed by atoms with Gasteiger partial charge < -0.3 is 29.5 Å². The molecule has 1 heterocycles. The first kappa shape index (κ1) is 53.1.